The number of pyridine rings is 2. The van der Waals surface area contributed by atoms with E-state index in [1.165, 1.54) is 6.92 Å². The Bertz CT molecular complexity index is 2040. The number of hydrogen-bond acceptors (Lipinski definition) is 7. The number of nitrogens with one attached hydrogen (secondary N) is 2. The summed E-state index contributed by atoms with van der Waals surface area (Å²) in [6.45, 7) is 3.96. The summed E-state index contributed by atoms with van der Waals surface area (Å²) in [6, 6.07) is 16.2. The van der Waals surface area contributed by atoms with E-state index >= 15 is 0 Å². The lowest BCUT2D eigenvalue weighted by Crippen LogP contribution is -2.60. The Morgan fingerprint density at radius 3 is 2.31 bits per heavy atom. The second-order valence-electron chi connectivity index (χ2n) is 14.2. The molecule has 5 aliphatic rings. The van der Waals surface area contributed by atoms with Crippen molar-refractivity contribution >= 4 is 33.2 Å². The van der Waals surface area contributed by atoms with Crippen molar-refractivity contribution in [2.75, 3.05) is 42.1 Å². The molecule has 0 spiro atoms. The number of rotatable bonds is 6. The van der Waals surface area contributed by atoms with Crippen LogP contribution < -0.4 is 26.7 Å². The third kappa shape index (κ3) is 5.36. The molecule has 5 aliphatic heterocycles. The number of carbonyl (C=O) groups excluding carboxylic acids is 2. The molecule has 4 bridgehead atoms. The van der Waals surface area contributed by atoms with E-state index in [0.717, 1.165) is 35.5 Å². The molecule has 13 heteroatoms. The van der Waals surface area contributed by atoms with Crippen molar-refractivity contribution in [2.45, 2.75) is 57.2 Å². The summed E-state index contributed by atoms with van der Waals surface area (Å²) in [6.07, 6.45) is 2.15. The van der Waals surface area contributed by atoms with Gasteiger partial charge in [-0.05, 0) is 67.0 Å². The third-order valence-electron chi connectivity index (χ3n) is 11.1. The SMILES string of the molecule is CC(=O)Nc1ccc2c(c1)CC(C(=O)NCCS(=O)(=O)N1CC3CC(C1)c1cccc(=O)n1C3)C1C3CC(CN21)Cn1c3cccc1=O. The molecule has 0 saturated carbocycles. The molecule has 3 aromatic rings. The molecule has 7 heterocycles. The lowest BCUT2D eigenvalue weighted by molar-refractivity contribution is -0.126. The van der Waals surface area contributed by atoms with Crippen LogP contribution in [0.1, 0.15) is 48.6 Å². The summed E-state index contributed by atoms with van der Waals surface area (Å²) in [5, 5.41) is 5.84. The van der Waals surface area contributed by atoms with Gasteiger partial charge in [0.2, 0.25) is 21.8 Å². The zero-order valence-corrected chi connectivity index (χ0v) is 27.7. The first-order chi connectivity index (χ1) is 23.1. The molecule has 0 radical (unpaired) electrons. The van der Waals surface area contributed by atoms with E-state index in [4.69, 9.17) is 0 Å². The van der Waals surface area contributed by atoms with Gasteiger partial charge in [-0.25, -0.2) is 12.7 Å². The maximum atomic E-state index is 14.1. The van der Waals surface area contributed by atoms with Crippen molar-refractivity contribution in [1.29, 1.82) is 0 Å². The van der Waals surface area contributed by atoms with Crippen molar-refractivity contribution in [1.82, 2.24) is 18.8 Å². The van der Waals surface area contributed by atoms with Crippen LogP contribution in [0.5, 0.6) is 0 Å². The number of fused-ring (bicyclic) bond motifs is 12. The predicted molar refractivity (Wildman–Crippen MR) is 181 cm³/mol. The number of amides is 2. The minimum atomic E-state index is -3.67. The van der Waals surface area contributed by atoms with Gasteiger partial charge in [0.15, 0.2) is 0 Å². The number of benzene rings is 1. The molecule has 2 fully saturated rings. The van der Waals surface area contributed by atoms with Crippen LogP contribution in [0.25, 0.3) is 0 Å². The van der Waals surface area contributed by atoms with E-state index in [2.05, 4.69) is 15.5 Å². The first-order valence-corrected chi connectivity index (χ1v) is 18.5. The first kappa shape index (κ1) is 31.1. The average molecular weight is 673 g/mol. The molecule has 2 saturated heterocycles. The molecule has 2 N–H and O–H groups in total. The second kappa shape index (κ2) is 11.7. The van der Waals surface area contributed by atoms with Crippen LogP contribution in [0.3, 0.4) is 0 Å². The summed E-state index contributed by atoms with van der Waals surface area (Å²) < 4.78 is 32.4. The summed E-state index contributed by atoms with van der Waals surface area (Å²) in [5.41, 5.74) is 4.39. The van der Waals surface area contributed by atoms with E-state index < -0.39 is 15.9 Å². The summed E-state index contributed by atoms with van der Waals surface area (Å²) in [7, 11) is -3.67. The highest BCUT2D eigenvalue weighted by molar-refractivity contribution is 7.89. The average Bonchev–Trinajstić information content (AvgIpc) is 3.05. The molecule has 0 aliphatic carbocycles. The van der Waals surface area contributed by atoms with E-state index in [9.17, 15) is 27.6 Å². The second-order valence-corrected chi connectivity index (χ2v) is 16.3. The van der Waals surface area contributed by atoms with Gasteiger partial charge in [-0.1, -0.05) is 12.1 Å². The Kier molecular flexibility index (Phi) is 7.59. The normalized spacial score (nSPS) is 27.1. The minimum Gasteiger partial charge on any atom is -0.366 e. The number of aromatic nitrogens is 2. The van der Waals surface area contributed by atoms with Crippen molar-refractivity contribution < 1.29 is 18.0 Å². The summed E-state index contributed by atoms with van der Waals surface area (Å²) >= 11 is 0. The number of sulfonamides is 1. The maximum Gasteiger partial charge on any atom is 0.250 e. The first-order valence-electron chi connectivity index (χ1n) is 16.9. The summed E-state index contributed by atoms with van der Waals surface area (Å²) in [5.74, 6) is -0.874. The van der Waals surface area contributed by atoms with Gasteiger partial charge in [-0.15, -0.1) is 0 Å². The van der Waals surface area contributed by atoms with E-state index in [0.29, 0.717) is 44.8 Å². The number of carbonyl (C=O) groups is 2. The molecular formula is C35H40N6O6S. The van der Waals surface area contributed by atoms with Gasteiger partial charge >= 0.3 is 0 Å². The van der Waals surface area contributed by atoms with Gasteiger partial charge in [-0.2, -0.15) is 0 Å². The van der Waals surface area contributed by atoms with Crippen LogP contribution in [-0.4, -0.2) is 71.6 Å². The quantitative estimate of drug-likeness (QED) is 0.406. The molecule has 12 nitrogen and oxygen atoms in total. The van der Waals surface area contributed by atoms with Gasteiger partial charge in [0, 0.05) is 99.0 Å². The number of hydrogen-bond donors (Lipinski definition) is 2. The number of anilines is 2. The zero-order chi connectivity index (χ0) is 33.3. The van der Waals surface area contributed by atoms with E-state index in [1.54, 1.807) is 33.1 Å². The monoisotopic (exact) mass is 672 g/mol. The number of nitrogens with zero attached hydrogens (tertiary/aromatic N) is 4. The van der Waals surface area contributed by atoms with E-state index in [1.807, 2.05) is 34.9 Å². The van der Waals surface area contributed by atoms with Gasteiger partial charge in [0.05, 0.1) is 11.7 Å². The highest BCUT2D eigenvalue weighted by Gasteiger charge is 2.50. The van der Waals surface area contributed by atoms with Crippen molar-refractivity contribution in [3.63, 3.8) is 0 Å². The Morgan fingerprint density at radius 1 is 0.854 bits per heavy atom. The Morgan fingerprint density at radius 2 is 1.56 bits per heavy atom. The van der Waals surface area contributed by atoms with Gasteiger partial charge in [0.1, 0.15) is 0 Å². The molecular weight excluding hydrogens is 632 g/mol. The Hall–Kier alpha value is -4.23. The summed E-state index contributed by atoms with van der Waals surface area (Å²) in [4.78, 5) is 53.5. The van der Waals surface area contributed by atoms with Crippen LogP contribution in [-0.2, 0) is 39.1 Å². The fourth-order valence-corrected chi connectivity index (χ4v) is 10.7. The largest absolute Gasteiger partial charge is 0.366 e. The van der Waals surface area contributed by atoms with Crippen LogP contribution >= 0.6 is 0 Å². The standard InChI is InChI=1S/C35H40N6O6S/c1-21(42)37-26-8-9-30-24(14-26)15-28(34-27-13-23(19-41(30)34)18-40-31(27)5-3-7-33(40)44)35(45)36-10-11-48(46,47)38-16-22-12-25(20-38)29-4-2-6-32(43)39(29)17-22/h2-9,14,22-23,25,27-28,34H,10-13,15-20H2,1H3,(H,36,45)(H,37,42). The molecule has 2 aromatic heterocycles. The lowest BCUT2D eigenvalue weighted by atomic mass is 9.69. The fraction of sp³-hybridized carbons (Fsp3) is 0.486. The van der Waals surface area contributed by atoms with Gasteiger partial charge < -0.3 is 24.7 Å². The fourth-order valence-electron chi connectivity index (χ4n) is 9.25. The maximum absolute atomic E-state index is 14.1. The van der Waals surface area contributed by atoms with Crippen molar-refractivity contribution in [3.05, 3.63) is 92.3 Å². The smallest absolute Gasteiger partial charge is 0.250 e. The van der Waals surface area contributed by atoms with Crippen LogP contribution in [0.2, 0.25) is 0 Å². The Labute approximate surface area is 278 Å². The molecule has 2 amide bonds. The topological polar surface area (TPSA) is 143 Å². The number of piperidine rings is 2. The molecule has 6 atom stereocenters. The lowest BCUT2D eigenvalue weighted by Gasteiger charge is -2.54. The molecule has 252 valence electrons. The molecule has 6 unspecified atom stereocenters. The minimum absolute atomic E-state index is 0.0195. The highest BCUT2D eigenvalue weighted by atomic mass is 32.2. The van der Waals surface area contributed by atoms with Gasteiger partial charge in [-0.3, -0.25) is 19.2 Å². The predicted octanol–water partition coefficient (Wildman–Crippen LogP) is 1.70. The van der Waals surface area contributed by atoms with Crippen LogP contribution in [0.15, 0.2) is 64.2 Å². The van der Waals surface area contributed by atoms with Gasteiger partial charge in [0.25, 0.3) is 11.1 Å². The van der Waals surface area contributed by atoms with Crippen LogP contribution in [0.4, 0.5) is 11.4 Å². The van der Waals surface area contributed by atoms with Crippen molar-refractivity contribution in [2.24, 2.45) is 17.8 Å². The van der Waals surface area contributed by atoms with Crippen molar-refractivity contribution in [3.8, 4) is 0 Å². The van der Waals surface area contributed by atoms with Crippen LogP contribution in [0, 0.1) is 17.8 Å². The molecule has 48 heavy (non-hydrogen) atoms. The highest BCUT2D eigenvalue weighted by Crippen LogP contribution is 2.48. The third-order valence-corrected chi connectivity index (χ3v) is 12.9. The molecule has 8 rings (SSSR count). The zero-order valence-electron chi connectivity index (χ0n) is 26.9. The van der Waals surface area contributed by atoms with E-state index in [-0.39, 0.29) is 64.9 Å². The molecule has 1 aromatic carbocycles. The Balaban J connectivity index is 1.03.